The van der Waals surface area contributed by atoms with E-state index in [0.717, 1.165) is 17.9 Å². The molecule has 1 aliphatic heterocycles. The summed E-state index contributed by atoms with van der Waals surface area (Å²) in [6, 6.07) is 7.74. The van der Waals surface area contributed by atoms with Crippen molar-refractivity contribution in [3.63, 3.8) is 0 Å². The number of carboxylic acids is 1. The Morgan fingerprint density at radius 1 is 1.42 bits per heavy atom. The Balaban J connectivity index is 2.08. The van der Waals surface area contributed by atoms with E-state index in [-0.39, 0.29) is 6.10 Å². The fourth-order valence-electron chi connectivity index (χ4n) is 2.50. The van der Waals surface area contributed by atoms with Crippen LogP contribution in [-0.4, -0.2) is 30.3 Å². The third-order valence-corrected chi connectivity index (χ3v) is 3.54. The topological polar surface area (TPSA) is 58.6 Å². The maximum Gasteiger partial charge on any atom is 0.311 e. The molecule has 1 fully saturated rings. The molecule has 104 valence electrons. The van der Waals surface area contributed by atoms with E-state index in [2.05, 4.69) is 5.32 Å². The zero-order valence-corrected chi connectivity index (χ0v) is 11.5. The first-order valence-electron chi connectivity index (χ1n) is 6.71. The highest BCUT2D eigenvalue weighted by atomic mass is 16.5. The number of hydrogen-bond donors (Lipinski definition) is 2. The molecule has 0 radical (unpaired) electrons. The van der Waals surface area contributed by atoms with E-state index >= 15 is 0 Å². The van der Waals surface area contributed by atoms with Gasteiger partial charge in [-0.1, -0.05) is 12.1 Å². The Bertz CT molecular complexity index is 433. The van der Waals surface area contributed by atoms with Crippen molar-refractivity contribution in [3.05, 3.63) is 29.8 Å². The Morgan fingerprint density at radius 3 is 2.58 bits per heavy atom. The second-order valence-corrected chi connectivity index (χ2v) is 5.50. The lowest BCUT2D eigenvalue weighted by Gasteiger charge is -2.23. The Labute approximate surface area is 113 Å². The normalized spacial score (nSPS) is 22.7. The van der Waals surface area contributed by atoms with E-state index in [0.29, 0.717) is 19.4 Å². The van der Waals surface area contributed by atoms with Gasteiger partial charge in [0.25, 0.3) is 0 Å². The molecule has 4 nitrogen and oxygen atoms in total. The van der Waals surface area contributed by atoms with Crippen LogP contribution in [0.5, 0.6) is 5.75 Å². The number of carbonyl (C=O) groups is 1. The molecule has 0 aliphatic carbocycles. The number of hydrogen-bond acceptors (Lipinski definition) is 3. The third kappa shape index (κ3) is 3.26. The van der Waals surface area contributed by atoms with Gasteiger partial charge in [-0.3, -0.25) is 4.79 Å². The van der Waals surface area contributed by atoms with Crippen LogP contribution < -0.4 is 10.1 Å². The molecule has 0 aromatic heterocycles. The predicted molar refractivity (Wildman–Crippen MR) is 73.5 cm³/mol. The van der Waals surface area contributed by atoms with Gasteiger partial charge in [-0.15, -0.1) is 0 Å². The minimum Gasteiger partial charge on any atom is -0.491 e. The summed E-state index contributed by atoms with van der Waals surface area (Å²) in [6.45, 7) is 5.29. The lowest BCUT2D eigenvalue weighted by Crippen LogP contribution is -2.35. The highest BCUT2D eigenvalue weighted by molar-refractivity contribution is 5.76. The van der Waals surface area contributed by atoms with Crippen molar-refractivity contribution in [1.82, 2.24) is 5.32 Å². The van der Waals surface area contributed by atoms with Gasteiger partial charge < -0.3 is 15.2 Å². The predicted octanol–water partition coefficient (Wildman–Crippen LogP) is 2.08. The maximum absolute atomic E-state index is 11.5. The van der Waals surface area contributed by atoms with Crippen LogP contribution in [0.2, 0.25) is 0 Å². The van der Waals surface area contributed by atoms with Crippen LogP contribution in [0, 0.1) is 5.41 Å². The standard InChI is InChI=1S/C15H21NO3/c1-11(2)19-13-5-3-12(4-6-13)9-15(14(17)18)7-8-16-10-15/h3-6,11,16H,7-10H2,1-2H3,(H,17,18). The van der Waals surface area contributed by atoms with Crippen molar-refractivity contribution in [2.75, 3.05) is 13.1 Å². The molecule has 0 saturated carbocycles. The monoisotopic (exact) mass is 263 g/mol. The third-order valence-electron chi connectivity index (χ3n) is 3.54. The second kappa shape index (κ2) is 5.61. The molecular formula is C15H21NO3. The van der Waals surface area contributed by atoms with Crippen LogP contribution in [-0.2, 0) is 11.2 Å². The van der Waals surface area contributed by atoms with Crippen LogP contribution in [0.1, 0.15) is 25.8 Å². The molecule has 0 spiro atoms. The molecule has 2 N–H and O–H groups in total. The fourth-order valence-corrected chi connectivity index (χ4v) is 2.50. The molecule has 1 unspecified atom stereocenters. The highest BCUT2D eigenvalue weighted by Crippen LogP contribution is 2.31. The van der Waals surface area contributed by atoms with Gasteiger partial charge in [0.2, 0.25) is 0 Å². The molecule has 1 aromatic carbocycles. The second-order valence-electron chi connectivity index (χ2n) is 5.50. The van der Waals surface area contributed by atoms with Gasteiger partial charge in [-0.05, 0) is 50.9 Å². The van der Waals surface area contributed by atoms with Crippen molar-refractivity contribution in [3.8, 4) is 5.75 Å². The zero-order chi connectivity index (χ0) is 13.9. The summed E-state index contributed by atoms with van der Waals surface area (Å²) < 4.78 is 5.58. The Morgan fingerprint density at radius 2 is 2.11 bits per heavy atom. The van der Waals surface area contributed by atoms with Crippen LogP contribution >= 0.6 is 0 Å². The van der Waals surface area contributed by atoms with Gasteiger partial charge in [-0.25, -0.2) is 0 Å². The number of nitrogens with one attached hydrogen (secondary N) is 1. The minimum atomic E-state index is -0.708. The zero-order valence-electron chi connectivity index (χ0n) is 11.5. The van der Waals surface area contributed by atoms with Crippen LogP contribution in [0.4, 0.5) is 0 Å². The molecule has 2 rings (SSSR count). The molecule has 1 atom stereocenters. The summed E-state index contributed by atoms with van der Waals surface area (Å²) in [5.41, 5.74) is 0.391. The first-order chi connectivity index (χ1) is 9.02. The summed E-state index contributed by atoms with van der Waals surface area (Å²) in [5, 5.41) is 12.6. The molecule has 1 heterocycles. The van der Waals surface area contributed by atoms with Gasteiger partial charge in [0, 0.05) is 6.54 Å². The van der Waals surface area contributed by atoms with E-state index in [1.165, 1.54) is 0 Å². The largest absolute Gasteiger partial charge is 0.491 e. The summed E-state index contributed by atoms with van der Waals surface area (Å²) in [6.07, 6.45) is 1.40. The molecule has 19 heavy (non-hydrogen) atoms. The van der Waals surface area contributed by atoms with Crippen molar-refractivity contribution in [2.45, 2.75) is 32.8 Å². The summed E-state index contributed by atoms with van der Waals surface area (Å²) in [5.74, 6) is 0.118. The molecule has 4 heteroatoms. The summed E-state index contributed by atoms with van der Waals surface area (Å²) in [4.78, 5) is 11.5. The van der Waals surface area contributed by atoms with E-state index in [1.54, 1.807) is 0 Å². The van der Waals surface area contributed by atoms with Gasteiger partial charge in [0.15, 0.2) is 0 Å². The lowest BCUT2D eigenvalue weighted by atomic mass is 9.81. The van der Waals surface area contributed by atoms with Crippen molar-refractivity contribution in [1.29, 1.82) is 0 Å². The average molecular weight is 263 g/mol. The molecule has 1 aliphatic rings. The molecule has 1 aromatic rings. The minimum absolute atomic E-state index is 0.148. The van der Waals surface area contributed by atoms with Gasteiger partial charge in [0.05, 0.1) is 11.5 Å². The number of benzene rings is 1. The number of aliphatic carboxylic acids is 1. The van der Waals surface area contributed by atoms with Crippen molar-refractivity contribution < 1.29 is 14.6 Å². The van der Waals surface area contributed by atoms with Gasteiger partial charge in [-0.2, -0.15) is 0 Å². The fraction of sp³-hybridized carbons (Fsp3) is 0.533. The van der Waals surface area contributed by atoms with Gasteiger partial charge in [0.1, 0.15) is 5.75 Å². The Hall–Kier alpha value is -1.55. The summed E-state index contributed by atoms with van der Waals surface area (Å²) >= 11 is 0. The average Bonchev–Trinajstić information content (AvgIpc) is 2.81. The van der Waals surface area contributed by atoms with Crippen LogP contribution in [0.15, 0.2) is 24.3 Å². The number of ether oxygens (including phenoxy) is 1. The molecule has 0 amide bonds. The highest BCUT2D eigenvalue weighted by Gasteiger charge is 2.41. The quantitative estimate of drug-likeness (QED) is 0.854. The smallest absolute Gasteiger partial charge is 0.311 e. The molecule has 0 bridgehead atoms. The SMILES string of the molecule is CC(C)Oc1ccc(CC2(C(=O)O)CCNC2)cc1. The van der Waals surface area contributed by atoms with Crippen molar-refractivity contribution >= 4 is 5.97 Å². The van der Waals surface area contributed by atoms with E-state index < -0.39 is 11.4 Å². The van der Waals surface area contributed by atoms with Crippen molar-refractivity contribution in [2.24, 2.45) is 5.41 Å². The first-order valence-corrected chi connectivity index (χ1v) is 6.71. The number of carboxylic acid groups (broad SMARTS) is 1. The number of rotatable bonds is 5. The Kier molecular flexibility index (Phi) is 4.10. The van der Waals surface area contributed by atoms with Crippen LogP contribution in [0.3, 0.4) is 0 Å². The van der Waals surface area contributed by atoms with Crippen LogP contribution in [0.25, 0.3) is 0 Å². The van der Waals surface area contributed by atoms with E-state index in [4.69, 9.17) is 4.74 Å². The lowest BCUT2D eigenvalue weighted by molar-refractivity contribution is -0.147. The summed E-state index contributed by atoms with van der Waals surface area (Å²) in [7, 11) is 0. The van der Waals surface area contributed by atoms with E-state index in [1.807, 2.05) is 38.1 Å². The molecule has 1 saturated heterocycles. The molecular weight excluding hydrogens is 242 g/mol. The maximum atomic E-state index is 11.5. The first kappa shape index (κ1) is 13.9. The van der Waals surface area contributed by atoms with E-state index in [9.17, 15) is 9.90 Å². The van der Waals surface area contributed by atoms with Gasteiger partial charge >= 0.3 is 5.97 Å².